The third-order valence-corrected chi connectivity index (χ3v) is 3.89. The summed E-state index contributed by atoms with van der Waals surface area (Å²) < 4.78 is 5.54. The first-order valence-electron chi connectivity index (χ1n) is 6.63. The first kappa shape index (κ1) is 13.2. The first-order valence-corrected chi connectivity index (χ1v) is 7.00. The van der Waals surface area contributed by atoms with Gasteiger partial charge in [0, 0.05) is 23.6 Å². The second-order valence-electron chi connectivity index (χ2n) is 5.09. The summed E-state index contributed by atoms with van der Waals surface area (Å²) >= 11 is 5.99. The van der Waals surface area contributed by atoms with Gasteiger partial charge in [0.15, 0.2) is 0 Å². The number of carbonyl (C=O) groups excluding carboxylic acids is 2. The van der Waals surface area contributed by atoms with Crippen molar-refractivity contribution in [2.45, 2.75) is 24.8 Å². The minimum atomic E-state index is -0.270. The number of rotatable bonds is 2. The number of ether oxygens (including phenoxy) is 1. The summed E-state index contributed by atoms with van der Waals surface area (Å²) in [4.78, 5) is 23.5. The second-order valence-corrected chi connectivity index (χ2v) is 5.52. The summed E-state index contributed by atoms with van der Waals surface area (Å²) in [5.74, 6) is 0.346. The maximum atomic E-state index is 12.4. The van der Waals surface area contributed by atoms with Gasteiger partial charge >= 0.3 is 0 Å². The molecule has 2 atom stereocenters. The van der Waals surface area contributed by atoms with Gasteiger partial charge in [0.25, 0.3) is 0 Å². The summed E-state index contributed by atoms with van der Waals surface area (Å²) in [6.45, 7) is 1.00. The number of hydrogen-bond acceptors (Lipinski definition) is 3. The van der Waals surface area contributed by atoms with Crippen molar-refractivity contribution in [3.8, 4) is 5.75 Å². The monoisotopic (exact) mass is 294 g/mol. The van der Waals surface area contributed by atoms with E-state index < -0.39 is 0 Å². The molecule has 2 N–H and O–H groups in total. The second kappa shape index (κ2) is 5.32. The zero-order valence-corrected chi connectivity index (χ0v) is 11.6. The van der Waals surface area contributed by atoms with Gasteiger partial charge in [0.1, 0.15) is 5.75 Å². The van der Waals surface area contributed by atoms with E-state index in [4.69, 9.17) is 16.3 Å². The van der Waals surface area contributed by atoms with Crippen LogP contribution in [0.5, 0.6) is 5.75 Å². The molecule has 0 aliphatic carbocycles. The van der Waals surface area contributed by atoms with E-state index in [9.17, 15) is 9.59 Å². The third-order valence-electron chi connectivity index (χ3n) is 3.65. The average Bonchev–Trinajstić information content (AvgIpc) is 2.83. The predicted octanol–water partition coefficient (Wildman–Crippen LogP) is 1.21. The van der Waals surface area contributed by atoms with Crippen LogP contribution in [0.1, 0.15) is 24.3 Å². The molecule has 2 aliphatic heterocycles. The van der Waals surface area contributed by atoms with E-state index in [1.54, 1.807) is 18.2 Å². The van der Waals surface area contributed by atoms with Crippen molar-refractivity contribution in [1.82, 2.24) is 10.6 Å². The Morgan fingerprint density at radius 2 is 2.30 bits per heavy atom. The highest BCUT2D eigenvalue weighted by atomic mass is 35.5. The van der Waals surface area contributed by atoms with Crippen molar-refractivity contribution in [3.05, 3.63) is 28.8 Å². The van der Waals surface area contributed by atoms with Gasteiger partial charge in [0.05, 0.1) is 18.6 Å². The fourth-order valence-electron chi connectivity index (χ4n) is 2.65. The minimum Gasteiger partial charge on any atom is -0.493 e. The lowest BCUT2D eigenvalue weighted by Gasteiger charge is -2.26. The maximum Gasteiger partial charge on any atom is 0.228 e. The molecule has 1 fully saturated rings. The van der Waals surface area contributed by atoms with E-state index >= 15 is 0 Å². The summed E-state index contributed by atoms with van der Waals surface area (Å²) in [6.07, 6.45) is 0.963. The maximum absolute atomic E-state index is 12.4. The van der Waals surface area contributed by atoms with Crippen LogP contribution in [0.25, 0.3) is 0 Å². The van der Waals surface area contributed by atoms with Gasteiger partial charge in [-0.2, -0.15) is 0 Å². The van der Waals surface area contributed by atoms with E-state index in [0.29, 0.717) is 36.8 Å². The lowest BCUT2D eigenvalue weighted by atomic mass is 9.92. The standard InChI is InChI=1S/C14H15ClN2O3/c15-8-1-2-12-11(5-8)10(3-4-20-12)14(19)17-9-6-13(18)16-7-9/h1-2,5,9-10H,3-4,6-7H2,(H,16,18)(H,17,19). The quantitative estimate of drug-likeness (QED) is 0.861. The van der Waals surface area contributed by atoms with Gasteiger partial charge in [-0.3, -0.25) is 9.59 Å². The molecule has 3 rings (SSSR count). The zero-order chi connectivity index (χ0) is 14.1. The molecule has 0 bridgehead atoms. The highest BCUT2D eigenvalue weighted by Crippen LogP contribution is 2.35. The molecule has 0 saturated carbocycles. The number of carbonyl (C=O) groups is 2. The van der Waals surface area contributed by atoms with Crippen molar-refractivity contribution in [2.75, 3.05) is 13.2 Å². The number of benzene rings is 1. The third kappa shape index (κ3) is 2.58. The van der Waals surface area contributed by atoms with Crippen molar-refractivity contribution < 1.29 is 14.3 Å². The molecule has 6 heteroatoms. The average molecular weight is 295 g/mol. The number of hydrogen-bond donors (Lipinski definition) is 2. The molecular weight excluding hydrogens is 280 g/mol. The molecule has 0 spiro atoms. The highest BCUT2D eigenvalue weighted by molar-refractivity contribution is 6.30. The van der Waals surface area contributed by atoms with Crippen molar-refractivity contribution >= 4 is 23.4 Å². The molecule has 0 radical (unpaired) electrons. The summed E-state index contributed by atoms with van der Waals surface area (Å²) in [5.41, 5.74) is 0.818. The SMILES string of the molecule is O=C1CC(NC(=O)C2CCOc3ccc(Cl)cc32)CN1. The zero-order valence-electron chi connectivity index (χ0n) is 10.8. The molecule has 5 nitrogen and oxygen atoms in total. The molecule has 2 aliphatic rings. The Balaban J connectivity index is 1.76. The Kier molecular flexibility index (Phi) is 3.53. The first-order chi connectivity index (χ1) is 9.63. The molecule has 2 unspecified atom stereocenters. The van der Waals surface area contributed by atoms with Crippen molar-refractivity contribution in [2.24, 2.45) is 0 Å². The van der Waals surface area contributed by atoms with E-state index in [0.717, 1.165) is 5.56 Å². The van der Waals surface area contributed by atoms with Gasteiger partial charge in [0.2, 0.25) is 11.8 Å². The lowest BCUT2D eigenvalue weighted by molar-refractivity contribution is -0.123. The topological polar surface area (TPSA) is 67.4 Å². The molecule has 20 heavy (non-hydrogen) atoms. The Morgan fingerprint density at radius 1 is 1.45 bits per heavy atom. The molecule has 1 saturated heterocycles. The molecule has 2 amide bonds. The predicted molar refractivity (Wildman–Crippen MR) is 73.9 cm³/mol. The van der Waals surface area contributed by atoms with Crippen LogP contribution in [0.3, 0.4) is 0 Å². The van der Waals surface area contributed by atoms with Gasteiger partial charge in [-0.1, -0.05) is 11.6 Å². The van der Waals surface area contributed by atoms with Gasteiger partial charge in [-0.15, -0.1) is 0 Å². The fourth-order valence-corrected chi connectivity index (χ4v) is 2.83. The Labute approximate surface area is 121 Å². The Morgan fingerprint density at radius 3 is 3.05 bits per heavy atom. The summed E-state index contributed by atoms with van der Waals surface area (Å²) in [7, 11) is 0. The fraction of sp³-hybridized carbons (Fsp3) is 0.429. The number of nitrogens with one attached hydrogen (secondary N) is 2. The summed E-state index contributed by atoms with van der Waals surface area (Å²) in [6, 6.07) is 5.19. The van der Waals surface area contributed by atoms with Gasteiger partial charge in [-0.05, 0) is 24.6 Å². The van der Waals surface area contributed by atoms with Crippen molar-refractivity contribution in [1.29, 1.82) is 0 Å². The highest BCUT2D eigenvalue weighted by Gasteiger charge is 2.31. The van der Waals surface area contributed by atoms with E-state index in [1.165, 1.54) is 0 Å². The molecule has 106 valence electrons. The van der Waals surface area contributed by atoms with E-state index in [-0.39, 0.29) is 23.8 Å². The molecule has 1 aromatic carbocycles. The van der Waals surface area contributed by atoms with Crippen LogP contribution in [0.15, 0.2) is 18.2 Å². The van der Waals surface area contributed by atoms with E-state index in [1.807, 2.05) is 0 Å². The van der Waals surface area contributed by atoms with Crippen LogP contribution in [-0.2, 0) is 9.59 Å². The van der Waals surface area contributed by atoms with Crippen LogP contribution >= 0.6 is 11.6 Å². The van der Waals surface area contributed by atoms with E-state index in [2.05, 4.69) is 10.6 Å². The smallest absolute Gasteiger partial charge is 0.228 e. The van der Waals surface area contributed by atoms with Crippen LogP contribution in [0, 0.1) is 0 Å². The summed E-state index contributed by atoms with van der Waals surface area (Å²) in [5, 5.41) is 6.21. The normalized spacial score (nSPS) is 24.6. The van der Waals surface area contributed by atoms with Gasteiger partial charge < -0.3 is 15.4 Å². The van der Waals surface area contributed by atoms with Crippen LogP contribution < -0.4 is 15.4 Å². The molecule has 2 heterocycles. The number of halogens is 1. The number of fused-ring (bicyclic) bond motifs is 1. The van der Waals surface area contributed by atoms with Crippen LogP contribution in [0.4, 0.5) is 0 Å². The van der Waals surface area contributed by atoms with Crippen LogP contribution in [0.2, 0.25) is 5.02 Å². The van der Waals surface area contributed by atoms with Crippen LogP contribution in [-0.4, -0.2) is 31.0 Å². The Hall–Kier alpha value is -1.75. The minimum absolute atomic E-state index is 0.0225. The molecule has 0 aromatic heterocycles. The molecular formula is C14H15ClN2O3. The Bertz CT molecular complexity index is 561. The van der Waals surface area contributed by atoms with Crippen molar-refractivity contribution in [3.63, 3.8) is 0 Å². The van der Waals surface area contributed by atoms with Gasteiger partial charge in [-0.25, -0.2) is 0 Å². The largest absolute Gasteiger partial charge is 0.493 e. The molecule has 1 aromatic rings. The number of amides is 2. The lowest BCUT2D eigenvalue weighted by Crippen LogP contribution is -2.40.